The first-order valence-electron chi connectivity index (χ1n) is 9.44. The lowest BCUT2D eigenvalue weighted by atomic mass is 10.0. The summed E-state index contributed by atoms with van der Waals surface area (Å²) in [7, 11) is 0. The molecule has 3 nitrogen and oxygen atoms in total. The van der Waals surface area contributed by atoms with Crippen LogP contribution in [0.4, 0.5) is 0 Å². The molecule has 28 heavy (non-hydrogen) atoms. The maximum absolute atomic E-state index is 6.38. The standard InChI is InChI=1S/C25H26O3/c1-2-18-25(20-26-23-14-8-4-9-15-23,21-27-24-16-10-5-11-17-24)28-19-22-12-6-3-7-13-22/h2-17H,1,18-21H2. The molecular weight excluding hydrogens is 348 g/mol. The third-order valence-corrected chi connectivity index (χ3v) is 4.39. The van der Waals surface area contributed by atoms with Crippen molar-refractivity contribution in [3.63, 3.8) is 0 Å². The lowest BCUT2D eigenvalue weighted by Crippen LogP contribution is -2.44. The second-order valence-corrected chi connectivity index (χ2v) is 6.65. The van der Waals surface area contributed by atoms with E-state index in [2.05, 4.69) is 18.7 Å². The van der Waals surface area contributed by atoms with Crippen molar-refractivity contribution in [1.29, 1.82) is 0 Å². The third-order valence-electron chi connectivity index (χ3n) is 4.39. The number of rotatable bonds is 11. The molecule has 0 aliphatic carbocycles. The van der Waals surface area contributed by atoms with Crippen LogP contribution in [0.2, 0.25) is 0 Å². The molecule has 0 aliphatic rings. The van der Waals surface area contributed by atoms with E-state index in [9.17, 15) is 0 Å². The van der Waals surface area contributed by atoms with Gasteiger partial charge in [0.2, 0.25) is 0 Å². The Balaban J connectivity index is 1.74. The van der Waals surface area contributed by atoms with Gasteiger partial charge in [0.25, 0.3) is 0 Å². The van der Waals surface area contributed by atoms with E-state index in [-0.39, 0.29) is 0 Å². The summed E-state index contributed by atoms with van der Waals surface area (Å²) in [6, 6.07) is 29.6. The van der Waals surface area contributed by atoms with Gasteiger partial charge in [-0.05, 0) is 29.8 Å². The van der Waals surface area contributed by atoms with E-state index in [0.29, 0.717) is 26.2 Å². The van der Waals surface area contributed by atoms with Crippen molar-refractivity contribution in [1.82, 2.24) is 0 Å². The normalized spacial score (nSPS) is 11.0. The summed E-state index contributed by atoms with van der Waals surface area (Å²) in [4.78, 5) is 0. The van der Waals surface area contributed by atoms with E-state index < -0.39 is 5.60 Å². The molecule has 0 atom stereocenters. The lowest BCUT2D eigenvalue weighted by molar-refractivity contribution is -0.104. The van der Waals surface area contributed by atoms with E-state index in [1.165, 1.54) is 0 Å². The molecule has 144 valence electrons. The van der Waals surface area contributed by atoms with Gasteiger partial charge in [0, 0.05) is 6.42 Å². The van der Waals surface area contributed by atoms with Crippen LogP contribution >= 0.6 is 0 Å². The van der Waals surface area contributed by atoms with Crippen molar-refractivity contribution in [2.45, 2.75) is 18.6 Å². The van der Waals surface area contributed by atoms with Gasteiger partial charge in [0.05, 0.1) is 6.61 Å². The van der Waals surface area contributed by atoms with Crippen LogP contribution in [-0.2, 0) is 11.3 Å². The lowest BCUT2D eigenvalue weighted by Gasteiger charge is -2.33. The molecule has 0 unspecified atom stereocenters. The first-order chi connectivity index (χ1) is 13.8. The summed E-state index contributed by atoms with van der Waals surface area (Å²) in [6.45, 7) is 5.12. The van der Waals surface area contributed by atoms with Crippen molar-refractivity contribution in [3.05, 3.63) is 109 Å². The molecule has 0 fully saturated rings. The predicted octanol–water partition coefficient (Wildman–Crippen LogP) is 5.68. The molecule has 3 heteroatoms. The van der Waals surface area contributed by atoms with Crippen LogP contribution in [0.25, 0.3) is 0 Å². The molecular formula is C25H26O3. The zero-order valence-corrected chi connectivity index (χ0v) is 16.0. The zero-order chi connectivity index (χ0) is 19.5. The Morgan fingerprint density at radius 1 is 0.679 bits per heavy atom. The average molecular weight is 374 g/mol. The van der Waals surface area contributed by atoms with Gasteiger partial charge in [-0.1, -0.05) is 72.8 Å². The second-order valence-electron chi connectivity index (χ2n) is 6.65. The SMILES string of the molecule is C=CCC(COc1ccccc1)(COc1ccccc1)OCc1ccccc1. The van der Waals surface area contributed by atoms with Crippen molar-refractivity contribution < 1.29 is 14.2 Å². The summed E-state index contributed by atoms with van der Waals surface area (Å²) in [5.74, 6) is 1.61. The minimum Gasteiger partial charge on any atom is -0.490 e. The van der Waals surface area contributed by atoms with Crippen molar-refractivity contribution in [3.8, 4) is 11.5 Å². The fourth-order valence-electron chi connectivity index (χ4n) is 2.84. The Morgan fingerprint density at radius 3 is 1.61 bits per heavy atom. The van der Waals surface area contributed by atoms with Gasteiger partial charge in [0.15, 0.2) is 0 Å². The maximum atomic E-state index is 6.38. The minimum atomic E-state index is -0.650. The number of ether oxygens (including phenoxy) is 3. The van der Waals surface area contributed by atoms with Gasteiger partial charge < -0.3 is 14.2 Å². The molecule has 3 aromatic rings. The topological polar surface area (TPSA) is 27.7 Å². The van der Waals surface area contributed by atoms with E-state index in [1.54, 1.807) is 0 Å². The largest absolute Gasteiger partial charge is 0.490 e. The monoisotopic (exact) mass is 374 g/mol. The molecule has 3 rings (SSSR count). The molecule has 3 aromatic carbocycles. The number of benzene rings is 3. The average Bonchev–Trinajstić information content (AvgIpc) is 2.77. The highest BCUT2D eigenvalue weighted by Gasteiger charge is 2.32. The first-order valence-corrected chi connectivity index (χ1v) is 9.44. The van der Waals surface area contributed by atoms with Crippen LogP contribution < -0.4 is 9.47 Å². The van der Waals surface area contributed by atoms with Gasteiger partial charge >= 0.3 is 0 Å². The van der Waals surface area contributed by atoms with Gasteiger partial charge in [-0.2, -0.15) is 0 Å². The zero-order valence-electron chi connectivity index (χ0n) is 16.0. The summed E-state index contributed by atoms with van der Waals surface area (Å²) < 4.78 is 18.5. The van der Waals surface area contributed by atoms with E-state index in [1.807, 2.05) is 84.9 Å². The Bertz CT molecular complexity index is 710. The van der Waals surface area contributed by atoms with Crippen LogP contribution in [-0.4, -0.2) is 18.8 Å². The van der Waals surface area contributed by atoms with Crippen molar-refractivity contribution >= 4 is 0 Å². The minimum absolute atomic E-state index is 0.364. The van der Waals surface area contributed by atoms with Crippen LogP contribution in [0.1, 0.15) is 12.0 Å². The summed E-state index contributed by atoms with van der Waals surface area (Å²) in [6.07, 6.45) is 2.47. The smallest absolute Gasteiger partial charge is 0.140 e. The Kier molecular flexibility index (Phi) is 7.28. The maximum Gasteiger partial charge on any atom is 0.140 e. The highest BCUT2D eigenvalue weighted by atomic mass is 16.6. The molecule has 0 aliphatic heterocycles. The quantitative estimate of drug-likeness (QED) is 0.404. The molecule has 0 amide bonds. The van der Waals surface area contributed by atoms with Crippen molar-refractivity contribution in [2.24, 2.45) is 0 Å². The summed E-state index contributed by atoms with van der Waals surface area (Å²) in [5, 5.41) is 0. The Morgan fingerprint density at radius 2 is 1.14 bits per heavy atom. The molecule has 0 saturated carbocycles. The predicted molar refractivity (Wildman–Crippen MR) is 113 cm³/mol. The van der Waals surface area contributed by atoms with Crippen LogP contribution in [0, 0.1) is 0 Å². The molecule has 0 bridgehead atoms. The van der Waals surface area contributed by atoms with E-state index >= 15 is 0 Å². The van der Waals surface area contributed by atoms with Crippen LogP contribution in [0.15, 0.2) is 104 Å². The molecule has 0 spiro atoms. The second kappa shape index (κ2) is 10.3. The number of hydrogen-bond acceptors (Lipinski definition) is 3. The molecule has 0 aromatic heterocycles. The van der Waals surface area contributed by atoms with Gasteiger partial charge in [0.1, 0.15) is 30.3 Å². The van der Waals surface area contributed by atoms with Gasteiger partial charge in [-0.15, -0.1) is 6.58 Å². The third kappa shape index (κ3) is 6.00. The molecule has 0 heterocycles. The van der Waals surface area contributed by atoms with E-state index in [0.717, 1.165) is 17.1 Å². The van der Waals surface area contributed by atoms with Crippen LogP contribution in [0.3, 0.4) is 0 Å². The van der Waals surface area contributed by atoms with Crippen LogP contribution in [0.5, 0.6) is 11.5 Å². The fourth-order valence-corrected chi connectivity index (χ4v) is 2.84. The fraction of sp³-hybridized carbons (Fsp3) is 0.200. The van der Waals surface area contributed by atoms with Gasteiger partial charge in [-0.25, -0.2) is 0 Å². The molecule has 0 radical (unpaired) electrons. The van der Waals surface area contributed by atoms with Crippen molar-refractivity contribution in [2.75, 3.05) is 13.2 Å². The molecule has 0 saturated heterocycles. The highest BCUT2D eigenvalue weighted by molar-refractivity contribution is 5.22. The van der Waals surface area contributed by atoms with E-state index in [4.69, 9.17) is 14.2 Å². The van der Waals surface area contributed by atoms with Gasteiger partial charge in [-0.3, -0.25) is 0 Å². The Hall–Kier alpha value is -3.04. The molecule has 0 N–H and O–H groups in total. The number of hydrogen-bond donors (Lipinski definition) is 0. The Labute approximate surface area is 167 Å². The first kappa shape index (κ1) is 19.7. The summed E-state index contributed by atoms with van der Waals surface area (Å²) in [5.41, 5.74) is 0.457. The summed E-state index contributed by atoms with van der Waals surface area (Å²) >= 11 is 0. The highest BCUT2D eigenvalue weighted by Crippen LogP contribution is 2.24. The number of para-hydroxylation sites is 2.